The highest BCUT2D eigenvalue weighted by atomic mass is 127. The van der Waals surface area contributed by atoms with Gasteiger partial charge in [-0.1, -0.05) is 0 Å². The van der Waals surface area contributed by atoms with Gasteiger partial charge in [0.25, 0.3) is 17.7 Å². The van der Waals surface area contributed by atoms with Gasteiger partial charge < -0.3 is 40.7 Å². The average molecular weight is 777 g/mol. The molecule has 0 aromatic heterocycles. The third kappa shape index (κ3) is 7.30. The van der Waals surface area contributed by atoms with Crippen LogP contribution in [0.5, 0.6) is 0 Å². The first-order valence-corrected chi connectivity index (χ1v) is 11.9. The number of carbonyl (C=O) groups is 3. The van der Waals surface area contributed by atoms with Gasteiger partial charge in [-0.15, -0.1) is 0 Å². The highest BCUT2D eigenvalue weighted by Gasteiger charge is 2.30. The molecule has 0 fully saturated rings. The van der Waals surface area contributed by atoms with Crippen LogP contribution in [0.15, 0.2) is 0 Å². The second-order valence-corrected chi connectivity index (χ2v) is 9.28. The van der Waals surface area contributed by atoms with Gasteiger partial charge >= 0.3 is 0 Å². The lowest BCUT2D eigenvalue weighted by molar-refractivity contribution is -0.123. The molecule has 0 radical (unpaired) electrons. The molecule has 1 aromatic carbocycles. The van der Waals surface area contributed by atoms with Crippen molar-refractivity contribution < 1.29 is 39.2 Å². The number of methoxy groups -OCH3 is 2. The van der Waals surface area contributed by atoms with Crippen molar-refractivity contribution in [1.82, 2.24) is 10.6 Å². The normalized spacial score (nSPS) is 12.1. The smallest absolute Gasteiger partial charge is 0.257 e. The Morgan fingerprint density at radius 1 is 0.903 bits per heavy atom. The van der Waals surface area contributed by atoms with E-state index in [0.717, 1.165) is 0 Å². The van der Waals surface area contributed by atoms with E-state index >= 15 is 0 Å². The highest BCUT2D eigenvalue weighted by Crippen LogP contribution is 2.36. The average Bonchev–Trinajstić information content (AvgIpc) is 2.72. The van der Waals surface area contributed by atoms with Gasteiger partial charge in [0.05, 0.1) is 43.2 Å². The van der Waals surface area contributed by atoms with Crippen LogP contribution in [0, 0.1) is 10.7 Å². The number of amides is 3. The van der Waals surface area contributed by atoms with E-state index in [1.54, 1.807) is 0 Å². The largest absolute Gasteiger partial charge is 0.394 e. The zero-order valence-electron chi connectivity index (χ0n) is 16.7. The Kier molecular flexibility index (Phi) is 12.3. The first kappa shape index (κ1) is 28.7. The summed E-state index contributed by atoms with van der Waals surface area (Å²) in [5, 5.41) is 35.6. The molecule has 0 spiro atoms. The Balaban J connectivity index is 3.66. The lowest BCUT2D eigenvalue weighted by Gasteiger charge is -2.22. The minimum atomic E-state index is -1.33. The number of carbonyl (C=O) groups excluding carboxylic acids is 3. The van der Waals surface area contributed by atoms with Crippen molar-refractivity contribution in [2.45, 2.75) is 25.5 Å². The summed E-state index contributed by atoms with van der Waals surface area (Å²) in [6.45, 7) is 0.280. The van der Waals surface area contributed by atoms with E-state index in [9.17, 15) is 29.7 Å². The maximum Gasteiger partial charge on any atom is 0.257 e. The number of anilines is 1. The van der Waals surface area contributed by atoms with Crippen molar-refractivity contribution in [2.24, 2.45) is 0 Å². The summed E-state index contributed by atoms with van der Waals surface area (Å²) >= 11 is 5.53. The molecule has 1 atom stereocenters. The first-order chi connectivity index (χ1) is 14.5. The fourth-order valence-corrected chi connectivity index (χ4v) is 6.62. The van der Waals surface area contributed by atoms with E-state index in [-0.39, 0.29) is 20.4 Å². The molecule has 0 aliphatic rings. The minimum Gasteiger partial charge on any atom is -0.394 e. The number of nitrogens with one attached hydrogen (secondary N) is 3. The number of rotatable bonds is 10. The summed E-state index contributed by atoms with van der Waals surface area (Å²) in [6.07, 6.45) is -2.39. The molecule has 1 aromatic rings. The van der Waals surface area contributed by atoms with E-state index in [0.29, 0.717) is 7.14 Å². The van der Waals surface area contributed by atoms with Gasteiger partial charge in [-0.3, -0.25) is 14.4 Å². The Hall–Kier alpha value is -0.380. The van der Waals surface area contributed by atoms with Gasteiger partial charge in [-0.25, -0.2) is 0 Å². The van der Waals surface area contributed by atoms with Crippen LogP contribution >= 0.6 is 67.8 Å². The van der Waals surface area contributed by atoms with E-state index in [4.69, 9.17) is 9.47 Å². The quantitative estimate of drug-likeness (QED) is 0.145. The Labute approximate surface area is 219 Å². The van der Waals surface area contributed by atoms with Crippen LogP contribution in [-0.2, 0) is 14.3 Å². The Morgan fingerprint density at radius 2 is 1.35 bits per heavy atom. The monoisotopic (exact) mass is 777 g/mol. The Bertz CT molecular complexity index is 776. The fourth-order valence-electron chi connectivity index (χ4n) is 2.20. The predicted octanol–water partition coefficient (Wildman–Crippen LogP) is 0.209. The van der Waals surface area contributed by atoms with Crippen molar-refractivity contribution >= 4 is 91.2 Å². The first-order valence-electron chi connectivity index (χ1n) is 8.62. The summed E-state index contributed by atoms with van der Waals surface area (Å²) < 4.78 is 10.9. The van der Waals surface area contributed by atoms with E-state index in [2.05, 4.69) is 16.0 Å². The summed E-state index contributed by atoms with van der Waals surface area (Å²) in [4.78, 5) is 38.0. The van der Waals surface area contributed by atoms with Crippen molar-refractivity contribution in [3.8, 4) is 0 Å². The minimum absolute atomic E-state index is 0.0472. The number of hydrogen-bond acceptors (Lipinski definition) is 8. The molecular formula is C17H22I3N3O8. The number of halogens is 3. The SMILES string of the molecule is COC(NC(=O)c1c(I)c(NC(=O)C(C)O)c(I)c(C(=O)NC(CO)CO)c1I)OC. The van der Waals surface area contributed by atoms with Crippen LogP contribution in [-0.4, -0.2) is 79.0 Å². The Morgan fingerprint density at radius 3 is 1.74 bits per heavy atom. The van der Waals surface area contributed by atoms with Crippen molar-refractivity contribution in [2.75, 3.05) is 32.8 Å². The molecule has 0 aliphatic carbocycles. The maximum atomic E-state index is 13.0. The molecule has 0 aliphatic heterocycles. The molecule has 1 unspecified atom stereocenters. The van der Waals surface area contributed by atoms with Crippen molar-refractivity contribution in [3.05, 3.63) is 21.8 Å². The van der Waals surface area contributed by atoms with Gasteiger partial charge in [0.1, 0.15) is 6.10 Å². The van der Waals surface area contributed by atoms with Crippen LogP contribution in [0.1, 0.15) is 27.6 Å². The molecule has 6 N–H and O–H groups in total. The molecule has 31 heavy (non-hydrogen) atoms. The van der Waals surface area contributed by atoms with E-state index in [1.807, 2.05) is 67.8 Å². The second-order valence-electron chi connectivity index (χ2n) is 6.04. The number of aliphatic hydroxyl groups is 3. The zero-order chi connectivity index (χ0) is 23.9. The standard InChI is InChI=1S/C17H22I3N3O8/c1-6(26)14(27)22-13-11(19)8(15(28)21-7(4-24)5-25)10(18)9(12(13)20)16(29)23-17(30-2)31-3/h6-7,17,24-26H,4-5H2,1-3H3,(H,21,28)(H,22,27)(H,23,29). The van der Waals surface area contributed by atoms with Crippen molar-refractivity contribution in [1.29, 1.82) is 0 Å². The molecule has 0 heterocycles. The maximum absolute atomic E-state index is 13.0. The van der Waals surface area contributed by atoms with E-state index < -0.39 is 49.5 Å². The van der Waals surface area contributed by atoms with E-state index in [1.165, 1.54) is 21.1 Å². The lowest BCUT2D eigenvalue weighted by Crippen LogP contribution is -2.42. The lowest BCUT2D eigenvalue weighted by atomic mass is 10.1. The number of benzene rings is 1. The third-order valence-corrected chi connectivity index (χ3v) is 7.09. The molecule has 11 nitrogen and oxygen atoms in total. The van der Waals surface area contributed by atoms with Crippen LogP contribution in [0.25, 0.3) is 0 Å². The molecule has 0 saturated carbocycles. The fraction of sp³-hybridized carbons (Fsp3) is 0.471. The van der Waals surface area contributed by atoms with Crippen LogP contribution in [0.4, 0.5) is 5.69 Å². The highest BCUT2D eigenvalue weighted by molar-refractivity contribution is 14.1. The number of aliphatic hydroxyl groups excluding tert-OH is 3. The number of ether oxygens (including phenoxy) is 2. The summed E-state index contributed by atoms with van der Waals surface area (Å²) in [6, 6.07) is -0.919. The molecular weight excluding hydrogens is 755 g/mol. The summed E-state index contributed by atoms with van der Waals surface area (Å²) in [5.41, 5.74) is 0.265. The molecule has 0 saturated heterocycles. The third-order valence-electron chi connectivity index (χ3n) is 3.85. The summed E-state index contributed by atoms with van der Waals surface area (Å²) in [5.74, 6) is -2.04. The second kappa shape index (κ2) is 13.4. The molecule has 14 heteroatoms. The van der Waals surface area contributed by atoms with Crippen LogP contribution in [0.3, 0.4) is 0 Å². The van der Waals surface area contributed by atoms with Crippen molar-refractivity contribution in [3.63, 3.8) is 0 Å². The molecule has 1 rings (SSSR count). The number of hydrogen-bond donors (Lipinski definition) is 6. The van der Waals surface area contributed by atoms with Gasteiger partial charge in [0, 0.05) is 17.8 Å². The van der Waals surface area contributed by atoms with Crippen LogP contribution < -0.4 is 16.0 Å². The predicted molar refractivity (Wildman–Crippen MR) is 136 cm³/mol. The zero-order valence-corrected chi connectivity index (χ0v) is 23.1. The van der Waals surface area contributed by atoms with Gasteiger partial charge in [-0.2, -0.15) is 0 Å². The molecule has 0 bridgehead atoms. The van der Waals surface area contributed by atoms with Gasteiger partial charge in [0.2, 0.25) is 6.41 Å². The van der Waals surface area contributed by atoms with Gasteiger partial charge in [0.15, 0.2) is 0 Å². The van der Waals surface area contributed by atoms with Crippen LogP contribution in [0.2, 0.25) is 0 Å². The molecule has 174 valence electrons. The molecule has 3 amide bonds. The summed E-state index contributed by atoms with van der Waals surface area (Å²) in [7, 11) is 2.66. The topological polar surface area (TPSA) is 166 Å². The van der Waals surface area contributed by atoms with Gasteiger partial charge in [-0.05, 0) is 74.7 Å².